The number of carbonyl (C=O) groups is 2. The zero-order valence-corrected chi connectivity index (χ0v) is 16.5. The Balaban J connectivity index is 1.42. The zero-order valence-electron chi connectivity index (χ0n) is 16.5. The Hall–Kier alpha value is -2.74. The minimum absolute atomic E-state index is 0.00211. The van der Waals surface area contributed by atoms with E-state index in [9.17, 15) is 14.7 Å². The maximum Gasteiger partial charge on any atom is 0.317 e. The Kier molecular flexibility index (Phi) is 7.35. The van der Waals surface area contributed by atoms with Gasteiger partial charge in [0.1, 0.15) is 13.2 Å². The van der Waals surface area contributed by atoms with Gasteiger partial charge in [-0.3, -0.25) is 4.79 Å². The van der Waals surface area contributed by atoms with E-state index in [-0.39, 0.29) is 24.7 Å². The molecule has 1 aliphatic heterocycles. The van der Waals surface area contributed by atoms with Gasteiger partial charge < -0.3 is 30.1 Å². The van der Waals surface area contributed by atoms with Gasteiger partial charge in [0.25, 0.3) is 5.91 Å². The minimum Gasteiger partial charge on any atom is -0.486 e. The van der Waals surface area contributed by atoms with Gasteiger partial charge in [-0.15, -0.1) is 0 Å². The lowest BCUT2D eigenvalue weighted by atomic mass is 9.90. The molecule has 1 unspecified atom stereocenters. The third kappa shape index (κ3) is 5.63. The first kappa shape index (κ1) is 21.0. The monoisotopic (exact) mass is 403 g/mol. The second-order valence-corrected chi connectivity index (χ2v) is 7.31. The topological polar surface area (TPSA) is 100 Å². The molecule has 0 bridgehead atoms. The van der Waals surface area contributed by atoms with Crippen molar-refractivity contribution in [1.29, 1.82) is 0 Å². The fourth-order valence-corrected chi connectivity index (χ4v) is 3.75. The van der Waals surface area contributed by atoms with Crippen molar-refractivity contribution in [1.82, 2.24) is 15.5 Å². The molecule has 3 rings (SSSR count). The lowest BCUT2D eigenvalue weighted by Crippen LogP contribution is -2.48. The number of carbonyl (C=O) groups excluding carboxylic acids is 2. The van der Waals surface area contributed by atoms with E-state index in [1.54, 1.807) is 24.3 Å². The summed E-state index contributed by atoms with van der Waals surface area (Å²) in [5.41, 5.74) is 0. The van der Waals surface area contributed by atoms with E-state index in [1.807, 2.05) is 11.0 Å². The number of nitrogens with one attached hydrogen (secondary N) is 2. The number of aliphatic hydroxyl groups excluding tert-OH is 1. The highest BCUT2D eigenvalue weighted by molar-refractivity contribution is 5.81. The summed E-state index contributed by atoms with van der Waals surface area (Å²) in [6.45, 7) is 5.23. The molecule has 1 aliphatic carbocycles. The standard InChI is InChI=1S/C21H29N3O5/c1-2-13-28-18-5-3-4-6-19(18)29-14-17(25)20(26)23-15-7-9-16(10-8-15)24-12-11-22-21(24)27/h2-6,15-17,25H,1,7-14H2,(H,22,27)(H,23,26). The zero-order chi connectivity index (χ0) is 20.6. The number of ether oxygens (including phenoxy) is 2. The SMILES string of the molecule is C=CCOc1ccccc1OCC(O)C(=O)NC1CCC(N2CCNC2=O)CC1. The molecule has 2 fully saturated rings. The number of hydrogen-bond acceptors (Lipinski definition) is 5. The number of para-hydroxylation sites is 2. The molecule has 1 aromatic carbocycles. The largest absolute Gasteiger partial charge is 0.486 e. The smallest absolute Gasteiger partial charge is 0.317 e. The van der Waals surface area contributed by atoms with Gasteiger partial charge in [0.05, 0.1) is 0 Å². The van der Waals surface area contributed by atoms with Crippen LogP contribution in [0.15, 0.2) is 36.9 Å². The first-order valence-corrected chi connectivity index (χ1v) is 10.1. The molecular weight excluding hydrogens is 374 g/mol. The third-order valence-electron chi connectivity index (χ3n) is 5.28. The first-order chi connectivity index (χ1) is 14.1. The van der Waals surface area contributed by atoms with Crippen molar-refractivity contribution in [3.8, 4) is 11.5 Å². The van der Waals surface area contributed by atoms with Crippen LogP contribution in [0.4, 0.5) is 4.79 Å². The lowest BCUT2D eigenvalue weighted by molar-refractivity contribution is -0.131. The van der Waals surface area contributed by atoms with Crippen LogP contribution in [0.2, 0.25) is 0 Å². The number of nitrogens with zero attached hydrogens (tertiary/aromatic N) is 1. The highest BCUT2D eigenvalue weighted by atomic mass is 16.5. The van der Waals surface area contributed by atoms with Crippen molar-refractivity contribution in [2.75, 3.05) is 26.3 Å². The molecule has 2 aliphatic rings. The molecule has 3 N–H and O–H groups in total. The summed E-state index contributed by atoms with van der Waals surface area (Å²) in [7, 11) is 0. The number of urea groups is 1. The number of benzene rings is 1. The summed E-state index contributed by atoms with van der Waals surface area (Å²) in [6.07, 6.45) is 3.62. The van der Waals surface area contributed by atoms with Crippen molar-refractivity contribution < 1.29 is 24.2 Å². The van der Waals surface area contributed by atoms with Gasteiger partial charge in [0, 0.05) is 25.2 Å². The molecule has 8 heteroatoms. The summed E-state index contributed by atoms with van der Waals surface area (Å²) in [5.74, 6) is 0.548. The molecule has 1 aromatic rings. The predicted octanol–water partition coefficient (Wildman–Crippen LogP) is 1.44. The highest BCUT2D eigenvalue weighted by Gasteiger charge is 2.32. The average Bonchev–Trinajstić information content (AvgIpc) is 3.17. The second-order valence-electron chi connectivity index (χ2n) is 7.31. The molecule has 0 aromatic heterocycles. The fourth-order valence-electron chi connectivity index (χ4n) is 3.75. The molecule has 1 saturated heterocycles. The maximum atomic E-state index is 12.3. The van der Waals surface area contributed by atoms with Gasteiger partial charge in [-0.1, -0.05) is 24.8 Å². The summed E-state index contributed by atoms with van der Waals surface area (Å²) in [4.78, 5) is 26.0. The van der Waals surface area contributed by atoms with E-state index < -0.39 is 12.0 Å². The van der Waals surface area contributed by atoms with Crippen LogP contribution in [0.25, 0.3) is 0 Å². The number of amides is 3. The van der Waals surface area contributed by atoms with Crippen molar-refractivity contribution in [3.05, 3.63) is 36.9 Å². The quantitative estimate of drug-likeness (QED) is 0.542. The Morgan fingerprint density at radius 2 is 1.97 bits per heavy atom. The summed E-state index contributed by atoms with van der Waals surface area (Å²) < 4.78 is 11.1. The fraction of sp³-hybridized carbons (Fsp3) is 0.524. The molecule has 29 heavy (non-hydrogen) atoms. The van der Waals surface area contributed by atoms with Gasteiger partial charge in [-0.2, -0.15) is 0 Å². The van der Waals surface area contributed by atoms with E-state index in [4.69, 9.17) is 9.47 Å². The van der Waals surface area contributed by atoms with Gasteiger partial charge in [0.15, 0.2) is 17.6 Å². The summed E-state index contributed by atoms with van der Waals surface area (Å²) in [5, 5.41) is 15.9. The molecule has 0 radical (unpaired) electrons. The number of aliphatic hydroxyl groups is 1. The van der Waals surface area contributed by atoms with Crippen LogP contribution in [-0.2, 0) is 4.79 Å². The van der Waals surface area contributed by atoms with Gasteiger partial charge in [-0.25, -0.2) is 4.79 Å². The summed E-state index contributed by atoms with van der Waals surface area (Å²) in [6, 6.07) is 7.32. The van der Waals surface area contributed by atoms with Gasteiger partial charge in [-0.05, 0) is 37.8 Å². The van der Waals surface area contributed by atoms with Crippen LogP contribution in [0.5, 0.6) is 11.5 Å². The van der Waals surface area contributed by atoms with Crippen LogP contribution in [0.1, 0.15) is 25.7 Å². The van der Waals surface area contributed by atoms with Crippen molar-refractivity contribution >= 4 is 11.9 Å². The molecule has 0 spiro atoms. The maximum absolute atomic E-state index is 12.3. The molecule has 1 saturated carbocycles. The van der Waals surface area contributed by atoms with Crippen molar-refractivity contribution in [2.24, 2.45) is 0 Å². The summed E-state index contributed by atoms with van der Waals surface area (Å²) >= 11 is 0. The number of rotatable bonds is 9. The third-order valence-corrected chi connectivity index (χ3v) is 5.28. The van der Waals surface area contributed by atoms with Gasteiger partial charge >= 0.3 is 6.03 Å². The van der Waals surface area contributed by atoms with E-state index >= 15 is 0 Å². The molecule has 1 atom stereocenters. The van der Waals surface area contributed by atoms with Crippen LogP contribution >= 0.6 is 0 Å². The normalized spacial score (nSPS) is 22.5. The van der Waals surface area contributed by atoms with Crippen molar-refractivity contribution in [2.45, 2.75) is 43.9 Å². The van der Waals surface area contributed by atoms with Gasteiger partial charge in [0.2, 0.25) is 0 Å². The molecule has 1 heterocycles. The first-order valence-electron chi connectivity index (χ1n) is 10.1. The molecular formula is C21H29N3O5. The Bertz CT molecular complexity index is 718. The Morgan fingerprint density at radius 3 is 2.59 bits per heavy atom. The minimum atomic E-state index is -1.27. The van der Waals surface area contributed by atoms with Crippen LogP contribution in [-0.4, -0.2) is 66.4 Å². The van der Waals surface area contributed by atoms with Crippen LogP contribution < -0.4 is 20.1 Å². The number of hydrogen-bond donors (Lipinski definition) is 3. The molecule has 3 amide bonds. The van der Waals surface area contributed by atoms with E-state index in [2.05, 4.69) is 17.2 Å². The van der Waals surface area contributed by atoms with Crippen molar-refractivity contribution in [3.63, 3.8) is 0 Å². The Labute approximate surface area is 170 Å². The lowest BCUT2D eigenvalue weighted by Gasteiger charge is -2.34. The van der Waals surface area contributed by atoms with E-state index in [1.165, 1.54) is 0 Å². The average molecular weight is 403 g/mol. The van der Waals surface area contributed by atoms with E-state index in [0.29, 0.717) is 24.7 Å². The van der Waals surface area contributed by atoms with Crippen LogP contribution in [0.3, 0.4) is 0 Å². The van der Waals surface area contributed by atoms with Crippen LogP contribution in [0, 0.1) is 0 Å². The Morgan fingerprint density at radius 1 is 1.28 bits per heavy atom. The molecule has 8 nitrogen and oxygen atoms in total. The highest BCUT2D eigenvalue weighted by Crippen LogP contribution is 2.27. The molecule has 158 valence electrons. The van der Waals surface area contributed by atoms with E-state index in [0.717, 1.165) is 32.2 Å². The predicted molar refractivity (Wildman–Crippen MR) is 108 cm³/mol. The second kappa shape index (κ2) is 10.2.